The van der Waals surface area contributed by atoms with Crippen LogP contribution in [0.3, 0.4) is 0 Å². The third kappa shape index (κ3) is 2.96. The minimum absolute atomic E-state index is 0.176. The smallest absolute Gasteiger partial charge is 0.260 e. The van der Waals surface area contributed by atoms with Crippen molar-refractivity contribution < 1.29 is 4.79 Å². The molecule has 1 unspecified atom stereocenters. The molecule has 0 fully saturated rings. The molecule has 1 atom stereocenters. The van der Waals surface area contributed by atoms with Gasteiger partial charge in [0, 0.05) is 18.2 Å². The third-order valence-electron chi connectivity index (χ3n) is 4.30. The number of fused-ring (bicyclic) bond motifs is 1. The molecule has 4 nitrogen and oxygen atoms in total. The Hall–Kier alpha value is -2.36. The summed E-state index contributed by atoms with van der Waals surface area (Å²) in [5, 5.41) is 2.91. The van der Waals surface area contributed by atoms with Crippen molar-refractivity contribution in [2.24, 2.45) is 0 Å². The number of aromatic nitrogens is 1. The van der Waals surface area contributed by atoms with Crippen LogP contribution in [0.5, 0.6) is 0 Å². The monoisotopic (exact) mass is 296 g/mol. The Balaban J connectivity index is 1.71. The number of aromatic amines is 1. The SMILES string of the molecule is Cc1ccc(C(=O)NCC2CCCc3ccccc32)c(=O)[nH]1. The quantitative estimate of drug-likeness (QED) is 0.914. The number of carbonyl (C=O) groups excluding carboxylic acids is 1. The fourth-order valence-electron chi connectivity index (χ4n) is 3.13. The normalized spacial score (nSPS) is 16.9. The molecule has 4 heteroatoms. The molecule has 0 radical (unpaired) electrons. The van der Waals surface area contributed by atoms with Crippen molar-refractivity contribution in [3.63, 3.8) is 0 Å². The summed E-state index contributed by atoms with van der Waals surface area (Å²) in [6.07, 6.45) is 3.32. The highest BCUT2D eigenvalue weighted by Gasteiger charge is 2.20. The zero-order valence-electron chi connectivity index (χ0n) is 12.7. The maximum absolute atomic E-state index is 12.2. The molecule has 1 aromatic carbocycles. The molecule has 1 aromatic heterocycles. The molecule has 2 aromatic rings. The summed E-state index contributed by atoms with van der Waals surface area (Å²) in [6.45, 7) is 2.37. The molecule has 1 heterocycles. The van der Waals surface area contributed by atoms with E-state index in [2.05, 4.69) is 28.5 Å². The highest BCUT2D eigenvalue weighted by atomic mass is 16.2. The lowest BCUT2D eigenvalue weighted by Gasteiger charge is -2.25. The van der Waals surface area contributed by atoms with Gasteiger partial charge in [-0.15, -0.1) is 0 Å². The summed E-state index contributed by atoms with van der Waals surface area (Å²) in [5.74, 6) is 0.0303. The summed E-state index contributed by atoms with van der Waals surface area (Å²) in [4.78, 5) is 26.7. The van der Waals surface area contributed by atoms with Gasteiger partial charge < -0.3 is 10.3 Å². The number of hydrogen-bond donors (Lipinski definition) is 2. The average Bonchev–Trinajstić information content (AvgIpc) is 2.52. The Morgan fingerprint density at radius 3 is 2.91 bits per heavy atom. The molecule has 2 N–H and O–H groups in total. The van der Waals surface area contributed by atoms with Crippen LogP contribution in [0.2, 0.25) is 0 Å². The van der Waals surface area contributed by atoms with Gasteiger partial charge in [0.1, 0.15) is 5.56 Å². The van der Waals surface area contributed by atoms with E-state index in [1.54, 1.807) is 19.1 Å². The van der Waals surface area contributed by atoms with Crippen LogP contribution in [0.4, 0.5) is 0 Å². The molecular formula is C18H20N2O2. The van der Waals surface area contributed by atoms with E-state index in [-0.39, 0.29) is 17.0 Å². The minimum Gasteiger partial charge on any atom is -0.351 e. The van der Waals surface area contributed by atoms with Crippen molar-refractivity contribution in [3.05, 3.63) is 69.1 Å². The number of hydrogen-bond acceptors (Lipinski definition) is 2. The van der Waals surface area contributed by atoms with Crippen LogP contribution >= 0.6 is 0 Å². The summed E-state index contributed by atoms with van der Waals surface area (Å²) in [7, 11) is 0. The second-order valence-corrected chi connectivity index (χ2v) is 5.88. The predicted octanol–water partition coefficient (Wildman–Crippen LogP) is 2.53. The van der Waals surface area contributed by atoms with Gasteiger partial charge in [-0.05, 0) is 49.4 Å². The number of H-pyrrole nitrogens is 1. The van der Waals surface area contributed by atoms with E-state index in [4.69, 9.17) is 0 Å². The largest absolute Gasteiger partial charge is 0.351 e. The van der Waals surface area contributed by atoms with Crippen molar-refractivity contribution in [1.82, 2.24) is 10.3 Å². The van der Waals surface area contributed by atoms with Crippen LogP contribution in [0.15, 0.2) is 41.2 Å². The van der Waals surface area contributed by atoms with Crippen LogP contribution < -0.4 is 10.9 Å². The minimum atomic E-state index is -0.332. The lowest BCUT2D eigenvalue weighted by Crippen LogP contribution is -2.33. The van der Waals surface area contributed by atoms with E-state index in [1.807, 2.05) is 6.07 Å². The molecule has 0 spiro atoms. The van der Waals surface area contributed by atoms with Gasteiger partial charge in [0.25, 0.3) is 11.5 Å². The first-order valence-electron chi connectivity index (χ1n) is 7.71. The Morgan fingerprint density at radius 2 is 2.09 bits per heavy atom. The second kappa shape index (κ2) is 6.18. The van der Waals surface area contributed by atoms with Crippen LogP contribution in [0.1, 0.15) is 45.9 Å². The van der Waals surface area contributed by atoms with Gasteiger partial charge in [0.05, 0.1) is 0 Å². The molecule has 0 aliphatic heterocycles. The number of nitrogens with one attached hydrogen (secondary N) is 2. The van der Waals surface area contributed by atoms with Crippen molar-refractivity contribution >= 4 is 5.91 Å². The number of amides is 1. The van der Waals surface area contributed by atoms with E-state index in [9.17, 15) is 9.59 Å². The fraction of sp³-hybridized carbons (Fsp3) is 0.333. The van der Waals surface area contributed by atoms with Crippen LogP contribution in [0.25, 0.3) is 0 Å². The fourth-order valence-corrected chi connectivity index (χ4v) is 3.13. The zero-order valence-corrected chi connectivity index (χ0v) is 12.7. The lowest BCUT2D eigenvalue weighted by atomic mass is 9.83. The highest BCUT2D eigenvalue weighted by molar-refractivity contribution is 5.93. The molecular weight excluding hydrogens is 276 g/mol. The summed E-state index contributed by atoms with van der Waals surface area (Å²) in [6, 6.07) is 11.7. The first kappa shape index (κ1) is 14.6. The molecule has 3 rings (SSSR count). The van der Waals surface area contributed by atoms with Gasteiger partial charge in [-0.3, -0.25) is 9.59 Å². The number of carbonyl (C=O) groups is 1. The molecule has 1 aliphatic rings. The van der Waals surface area contributed by atoms with Crippen molar-refractivity contribution in [3.8, 4) is 0 Å². The Bertz CT molecular complexity index is 749. The second-order valence-electron chi connectivity index (χ2n) is 5.88. The molecule has 0 saturated carbocycles. The Labute approximate surface area is 129 Å². The number of pyridine rings is 1. The van der Waals surface area contributed by atoms with Crippen LogP contribution in [-0.2, 0) is 6.42 Å². The first-order valence-corrected chi connectivity index (χ1v) is 7.71. The third-order valence-corrected chi connectivity index (χ3v) is 4.30. The Morgan fingerprint density at radius 1 is 1.27 bits per heavy atom. The van der Waals surface area contributed by atoms with Gasteiger partial charge in [-0.1, -0.05) is 24.3 Å². The van der Waals surface area contributed by atoms with Crippen molar-refractivity contribution in [2.45, 2.75) is 32.1 Å². The van der Waals surface area contributed by atoms with Crippen LogP contribution in [0, 0.1) is 6.92 Å². The van der Waals surface area contributed by atoms with Gasteiger partial charge in [-0.25, -0.2) is 0 Å². The topological polar surface area (TPSA) is 62.0 Å². The molecule has 1 amide bonds. The standard InChI is InChI=1S/C18H20N2O2/c1-12-9-10-16(18(22)20-12)17(21)19-11-14-7-4-6-13-5-2-3-8-15(13)14/h2-3,5,8-10,14H,4,6-7,11H2,1H3,(H,19,21)(H,20,22). The van der Waals surface area contributed by atoms with E-state index in [1.165, 1.54) is 11.1 Å². The number of aryl methyl sites for hydroxylation is 2. The Kier molecular flexibility index (Phi) is 4.09. The van der Waals surface area contributed by atoms with Gasteiger partial charge in [0.15, 0.2) is 0 Å². The van der Waals surface area contributed by atoms with Crippen LogP contribution in [-0.4, -0.2) is 17.4 Å². The van der Waals surface area contributed by atoms with E-state index < -0.39 is 0 Å². The predicted molar refractivity (Wildman–Crippen MR) is 86.3 cm³/mol. The number of benzene rings is 1. The molecule has 22 heavy (non-hydrogen) atoms. The molecule has 1 aliphatic carbocycles. The van der Waals surface area contributed by atoms with E-state index in [0.29, 0.717) is 12.5 Å². The van der Waals surface area contributed by atoms with Gasteiger partial charge >= 0.3 is 0 Å². The van der Waals surface area contributed by atoms with Gasteiger partial charge in [0.2, 0.25) is 0 Å². The average molecular weight is 296 g/mol. The summed E-state index contributed by atoms with van der Waals surface area (Å²) >= 11 is 0. The maximum Gasteiger partial charge on any atom is 0.260 e. The molecule has 0 bridgehead atoms. The van der Waals surface area contributed by atoms with Crippen molar-refractivity contribution in [2.75, 3.05) is 6.54 Å². The maximum atomic E-state index is 12.2. The summed E-state index contributed by atoms with van der Waals surface area (Å²) < 4.78 is 0. The van der Waals surface area contributed by atoms with Gasteiger partial charge in [-0.2, -0.15) is 0 Å². The first-order chi connectivity index (χ1) is 10.6. The van der Waals surface area contributed by atoms with E-state index in [0.717, 1.165) is 25.0 Å². The molecule has 0 saturated heterocycles. The lowest BCUT2D eigenvalue weighted by molar-refractivity contribution is 0.0948. The summed E-state index contributed by atoms with van der Waals surface area (Å²) in [5.41, 5.74) is 3.30. The highest BCUT2D eigenvalue weighted by Crippen LogP contribution is 2.30. The van der Waals surface area contributed by atoms with E-state index >= 15 is 0 Å². The number of rotatable bonds is 3. The van der Waals surface area contributed by atoms with Crippen molar-refractivity contribution in [1.29, 1.82) is 0 Å². The zero-order chi connectivity index (χ0) is 15.5. The molecule has 114 valence electrons.